The molecular weight excluding hydrogens is 292 g/mol. The van der Waals surface area contributed by atoms with Gasteiger partial charge in [-0.15, -0.1) is 0 Å². The first-order chi connectivity index (χ1) is 11.0. The number of benzene rings is 1. The lowest BCUT2D eigenvalue weighted by Gasteiger charge is -2.22. The molecule has 0 N–H and O–H groups in total. The highest BCUT2D eigenvalue weighted by atomic mass is 16.2. The summed E-state index contributed by atoms with van der Waals surface area (Å²) in [4.78, 5) is 28.5. The maximum Gasteiger partial charge on any atom is 0.244 e. The summed E-state index contributed by atoms with van der Waals surface area (Å²) in [6.45, 7) is 3.84. The Morgan fingerprint density at radius 3 is 2.74 bits per heavy atom. The fourth-order valence-corrected chi connectivity index (χ4v) is 3.34. The quantitative estimate of drug-likeness (QED) is 0.841. The monoisotopic (exact) mass is 314 g/mol. The third-order valence-electron chi connectivity index (χ3n) is 4.64. The molecule has 0 saturated carbocycles. The van der Waals surface area contributed by atoms with Gasteiger partial charge in [0.25, 0.3) is 0 Å². The molecule has 1 fully saturated rings. The molecule has 1 aromatic carbocycles. The predicted octanol–water partition coefficient (Wildman–Crippen LogP) is 0.805. The van der Waals surface area contributed by atoms with Crippen molar-refractivity contribution in [1.82, 2.24) is 19.6 Å². The van der Waals surface area contributed by atoms with Crippen molar-refractivity contribution in [3.63, 3.8) is 0 Å². The number of nitrogens with zero attached hydrogens (tertiary/aromatic N) is 4. The minimum atomic E-state index is -0.119. The molecule has 1 saturated heterocycles. The van der Waals surface area contributed by atoms with Crippen LogP contribution in [0, 0.1) is 5.92 Å². The normalized spacial score (nSPS) is 21.3. The SMILES string of the molecule is C[C@H]1CN(C(=O)Cn2ncc(=O)c3ccccc32)C[C@@H]1N(C)C. The number of amides is 1. The number of hydrogen-bond acceptors (Lipinski definition) is 4. The molecule has 2 atom stereocenters. The van der Waals surface area contributed by atoms with Crippen molar-refractivity contribution < 1.29 is 4.79 Å². The van der Waals surface area contributed by atoms with Crippen molar-refractivity contribution in [3.05, 3.63) is 40.7 Å². The van der Waals surface area contributed by atoms with Crippen molar-refractivity contribution in [2.45, 2.75) is 19.5 Å². The molecule has 0 spiro atoms. The van der Waals surface area contributed by atoms with Crippen LogP contribution in [0.15, 0.2) is 35.3 Å². The smallest absolute Gasteiger partial charge is 0.244 e. The first-order valence-corrected chi connectivity index (χ1v) is 7.86. The zero-order chi connectivity index (χ0) is 16.6. The van der Waals surface area contributed by atoms with Gasteiger partial charge in [-0.25, -0.2) is 0 Å². The summed E-state index contributed by atoms with van der Waals surface area (Å²) in [6.07, 6.45) is 1.28. The van der Waals surface area contributed by atoms with E-state index in [0.29, 0.717) is 22.9 Å². The number of aromatic nitrogens is 2. The molecular formula is C17H22N4O2. The van der Waals surface area contributed by atoms with Gasteiger partial charge in [0.2, 0.25) is 11.3 Å². The Morgan fingerprint density at radius 1 is 1.30 bits per heavy atom. The Bertz CT molecular complexity index is 784. The van der Waals surface area contributed by atoms with Crippen LogP contribution in [0.1, 0.15) is 6.92 Å². The number of para-hydroxylation sites is 1. The summed E-state index contributed by atoms with van der Waals surface area (Å²) in [6, 6.07) is 7.65. The zero-order valence-corrected chi connectivity index (χ0v) is 13.8. The highest BCUT2D eigenvalue weighted by Gasteiger charge is 2.33. The van der Waals surface area contributed by atoms with Gasteiger partial charge in [0.05, 0.1) is 11.7 Å². The molecule has 0 bridgehead atoms. The Morgan fingerprint density at radius 2 is 2.04 bits per heavy atom. The molecule has 122 valence electrons. The third-order valence-corrected chi connectivity index (χ3v) is 4.64. The van der Waals surface area contributed by atoms with E-state index in [4.69, 9.17) is 0 Å². The minimum Gasteiger partial charge on any atom is -0.339 e. The highest BCUT2D eigenvalue weighted by molar-refractivity contribution is 5.81. The molecule has 2 heterocycles. The second kappa shape index (κ2) is 6.12. The molecule has 23 heavy (non-hydrogen) atoms. The van der Waals surface area contributed by atoms with Crippen LogP contribution < -0.4 is 5.43 Å². The van der Waals surface area contributed by atoms with Crippen LogP contribution >= 0.6 is 0 Å². The Labute approximate surface area is 135 Å². The van der Waals surface area contributed by atoms with Gasteiger partial charge in [0.1, 0.15) is 6.54 Å². The fourth-order valence-electron chi connectivity index (χ4n) is 3.34. The Kier molecular flexibility index (Phi) is 4.17. The van der Waals surface area contributed by atoms with Gasteiger partial charge >= 0.3 is 0 Å². The number of rotatable bonds is 3. The van der Waals surface area contributed by atoms with Crippen LogP contribution in [0.2, 0.25) is 0 Å². The first-order valence-electron chi connectivity index (χ1n) is 7.86. The molecule has 6 heteroatoms. The fraction of sp³-hybridized carbons (Fsp3) is 0.471. The van der Waals surface area contributed by atoms with Crippen molar-refractivity contribution in [1.29, 1.82) is 0 Å². The molecule has 2 aromatic rings. The summed E-state index contributed by atoms with van der Waals surface area (Å²) in [7, 11) is 4.10. The number of likely N-dealkylation sites (tertiary alicyclic amines) is 1. The van der Waals surface area contributed by atoms with E-state index in [1.165, 1.54) is 6.20 Å². The van der Waals surface area contributed by atoms with Gasteiger partial charge in [-0.05, 0) is 32.1 Å². The largest absolute Gasteiger partial charge is 0.339 e. The Balaban J connectivity index is 1.82. The van der Waals surface area contributed by atoms with Gasteiger partial charge in [-0.3, -0.25) is 14.3 Å². The van der Waals surface area contributed by atoms with Crippen LogP contribution in [-0.4, -0.2) is 58.7 Å². The molecule has 1 aromatic heterocycles. The molecule has 0 unspecified atom stereocenters. The summed E-state index contributed by atoms with van der Waals surface area (Å²) >= 11 is 0. The molecule has 1 aliphatic rings. The van der Waals surface area contributed by atoms with E-state index in [1.54, 1.807) is 10.7 Å². The van der Waals surface area contributed by atoms with E-state index in [0.717, 1.165) is 13.1 Å². The lowest BCUT2D eigenvalue weighted by Crippen LogP contribution is -2.37. The van der Waals surface area contributed by atoms with Crippen molar-refractivity contribution >= 4 is 16.8 Å². The van der Waals surface area contributed by atoms with E-state index in [1.807, 2.05) is 37.2 Å². The lowest BCUT2D eigenvalue weighted by atomic mass is 10.1. The van der Waals surface area contributed by atoms with E-state index < -0.39 is 0 Å². The molecule has 1 aliphatic heterocycles. The molecule has 1 amide bonds. The third kappa shape index (κ3) is 2.99. The topological polar surface area (TPSA) is 58.4 Å². The lowest BCUT2D eigenvalue weighted by molar-refractivity contribution is -0.131. The number of likely N-dealkylation sites (N-methyl/N-ethyl adjacent to an activating group) is 1. The predicted molar refractivity (Wildman–Crippen MR) is 89.2 cm³/mol. The van der Waals surface area contributed by atoms with Crippen molar-refractivity contribution in [2.24, 2.45) is 5.92 Å². The van der Waals surface area contributed by atoms with E-state index >= 15 is 0 Å². The van der Waals surface area contributed by atoms with Crippen molar-refractivity contribution in [2.75, 3.05) is 27.2 Å². The molecule has 0 radical (unpaired) electrons. The standard InChI is InChI=1S/C17H22N4O2/c1-12-9-20(10-15(12)19(2)3)17(23)11-21-14-7-5-4-6-13(14)16(22)8-18-21/h4-8,12,15H,9-11H2,1-3H3/t12-,15-/m0/s1. The minimum absolute atomic E-state index is 0.0440. The van der Waals surface area contributed by atoms with Gasteiger partial charge in [-0.2, -0.15) is 5.10 Å². The van der Waals surface area contributed by atoms with Crippen LogP contribution in [0.4, 0.5) is 0 Å². The zero-order valence-electron chi connectivity index (χ0n) is 13.8. The summed E-state index contributed by atoms with van der Waals surface area (Å²) in [5, 5.41) is 4.73. The van der Waals surface area contributed by atoms with E-state index in [2.05, 4.69) is 16.9 Å². The summed E-state index contributed by atoms with van der Waals surface area (Å²) in [5.74, 6) is 0.496. The molecule has 0 aliphatic carbocycles. The number of carbonyl (C=O) groups excluding carboxylic acids is 1. The maximum absolute atomic E-state index is 12.6. The molecule has 6 nitrogen and oxygen atoms in total. The molecule has 3 rings (SSSR count). The second-order valence-electron chi connectivity index (χ2n) is 6.49. The van der Waals surface area contributed by atoms with Crippen LogP contribution in [0.5, 0.6) is 0 Å². The van der Waals surface area contributed by atoms with Gasteiger partial charge in [-0.1, -0.05) is 19.1 Å². The first kappa shape index (κ1) is 15.7. The second-order valence-corrected chi connectivity index (χ2v) is 6.49. The Hall–Kier alpha value is -2.21. The highest BCUT2D eigenvalue weighted by Crippen LogP contribution is 2.20. The van der Waals surface area contributed by atoms with Gasteiger partial charge < -0.3 is 9.80 Å². The van der Waals surface area contributed by atoms with E-state index in [9.17, 15) is 9.59 Å². The maximum atomic E-state index is 12.6. The van der Waals surface area contributed by atoms with Crippen LogP contribution in [0.3, 0.4) is 0 Å². The number of carbonyl (C=O) groups is 1. The average molecular weight is 314 g/mol. The van der Waals surface area contributed by atoms with Gasteiger partial charge in [0.15, 0.2) is 0 Å². The average Bonchev–Trinajstić information content (AvgIpc) is 2.92. The van der Waals surface area contributed by atoms with E-state index in [-0.39, 0.29) is 17.9 Å². The number of fused-ring (bicyclic) bond motifs is 1. The van der Waals surface area contributed by atoms with Crippen LogP contribution in [0.25, 0.3) is 10.9 Å². The summed E-state index contributed by atoms with van der Waals surface area (Å²) < 4.78 is 1.62. The van der Waals surface area contributed by atoms with Crippen molar-refractivity contribution in [3.8, 4) is 0 Å². The van der Waals surface area contributed by atoms with Crippen LogP contribution in [-0.2, 0) is 11.3 Å². The number of hydrogen-bond donors (Lipinski definition) is 0. The van der Waals surface area contributed by atoms with Gasteiger partial charge in [0, 0.05) is 24.5 Å². The summed E-state index contributed by atoms with van der Waals surface area (Å²) in [5.41, 5.74) is 0.580.